The number of carbonyl (C=O) groups is 1. The molecule has 0 bridgehead atoms. The molecule has 24 heavy (non-hydrogen) atoms. The van der Waals surface area contributed by atoms with Crippen molar-refractivity contribution in [2.45, 2.75) is 96.8 Å². The van der Waals surface area contributed by atoms with Crippen molar-refractivity contribution in [2.24, 2.45) is 5.92 Å². The van der Waals surface area contributed by atoms with Crippen LogP contribution < -0.4 is 0 Å². The zero-order valence-corrected chi connectivity index (χ0v) is 15.7. The van der Waals surface area contributed by atoms with Gasteiger partial charge in [0.25, 0.3) is 0 Å². The summed E-state index contributed by atoms with van der Waals surface area (Å²) in [4.78, 5) is 11.5. The number of hydrogen-bond acceptors (Lipinski definition) is 4. The fourth-order valence-corrected chi connectivity index (χ4v) is 3.09. The molecule has 1 N–H and O–H groups in total. The number of ether oxygens (including phenoxy) is 1. The van der Waals surface area contributed by atoms with Crippen molar-refractivity contribution < 1.29 is 22.5 Å². The Morgan fingerprint density at radius 2 is 1.42 bits per heavy atom. The van der Waals surface area contributed by atoms with Crippen LogP contribution in [0.5, 0.6) is 0 Å². The summed E-state index contributed by atoms with van der Waals surface area (Å²) in [6.07, 6.45) is 10.6. The van der Waals surface area contributed by atoms with Crippen molar-refractivity contribution in [3.8, 4) is 0 Å². The van der Waals surface area contributed by atoms with E-state index in [2.05, 4.69) is 13.8 Å². The molecule has 0 aromatic rings. The Morgan fingerprint density at radius 3 is 1.83 bits per heavy atom. The van der Waals surface area contributed by atoms with Crippen molar-refractivity contribution >= 4 is 45.6 Å². The third kappa shape index (κ3) is 15.9. The van der Waals surface area contributed by atoms with E-state index >= 15 is 0 Å². The normalized spacial score (nSPS) is 12.7. The topological polar surface area (TPSA) is 80.7 Å². The van der Waals surface area contributed by atoms with Gasteiger partial charge in [-0.2, -0.15) is 8.42 Å². The second-order valence-electron chi connectivity index (χ2n) is 6.60. The first-order valence-electron chi connectivity index (χ1n) is 8.93. The summed E-state index contributed by atoms with van der Waals surface area (Å²) in [5.74, 6) is 0.242. The Labute approximate surface area is 170 Å². The van der Waals surface area contributed by atoms with Crippen LogP contribution in [0.25, 0.3) is 0 Å². The molecule has 0 spiro atoms. The summed E-state index contributed by atoms with van der Waals surface area (Å²) in [6, 6.07) is 0. The summed E-state index contributed by atoms with van der Waals surface area (Å²) in [6.45, 7) is 6.06. The summed E-state index contributed by atoms with van der Waals surface area (Å²) in [7, 11) is -4.31. The molecule has 1 unspecified atom stereocenters. The zero-order valence-electron chi connectivity index (χ0n) is 14.9. The number of unbranched alkanes of at least 4 members (excludes halogenated alkanes) is 7. The molecular formula is C17H35NaO5S. The van der Waals surface area contributed by atoms with E-state index in [9.17, 15) is 13.2 Å². The summed E-state index contributed by atoms with van der Waals surface area (Å²) < 4.78 is 35.5. The van der Waals surface area contributed by atoms with Crippen LogP contribution in [0.15, 0.2) is 0 Å². The maximum absolute atomic E-state index is 11.5. The van der Waals surface area contributed by atoms with Crippen LogP contribution in [0.1, 0.15) is 91.4 Å². The molecule has 0 aliphatic heterocycles. The second kappa shape index (κ2) is 15.6. The molecule has 0 rings (SSSR count). The molecule has 1 atom stereocenters. The van der Waals surface area contributed by atoms with Crippen molar-refractivity contribution in [3.05, 3.63) is 0 Å². The Morgan fingerprint density at radius 1 is 0.958 bits per heavy atom. The van der Waals surface area contributed by atoms with Gasteiger partial charge in [0.1, 0.15) is 0 Å². The van der Waals surface area contributed by atoms with E-state index in [4.69, 9.17) is 9.29 Å². The second-order valence-corrected chi connectivity index (χ2v) is 8.16. The van der Waals surface area contributed by atoms with Gasteiger partial charge in [-0.3, -0.25) is 9.35 Å². The SMILES string of the molecule is CCC(OC(=O)CCCCCCCCCCC(C)C)S(=O)(=O)O.[NaH]. The third-order valence-corrected chi connectivity index (χ3v) is 4.93. The van der Waals surface area contributed by atoms with Gasteiger partial charge in [-0.15, -0.1) is 0 Å². The molecule has 0 aliphatic carbocycles. The Hall–Kier alpha value is 0.380. The Kier molecular flexibility index (Phi) is 17.3. The molecule has 0 aromatic heterocycles. The average molecular weight is 375 g/mol. The first-order valence-corrected chi connectivity index (χ1v) is 10.4. The van der Waals surface area contributed by atoms with Gasteiger partial charge < -0.3 is 4.74 Å². The Balaban J connectivity index is 0. The molecule has 0 amide bonds. The number of carbonyl (C=O) groups excluding carboxylic acids is 1. The van der Waals surface area contributed by atoms with E-state index in [0.717, 1.165) is 18.8 Å². The molecule has 0 saturated carbocycles. The monoisotopic (exact) mass is 374 g/mol. The summed E-state index contributed by atoms with van der Waals surface area (Å²) >= 11 is 0. The zero-order chi connectivity index (χ0) is 17.7. The first kappa shape index (κ1) is 26.6. The molecule has 0 saturated heterocycles. The third-order valence-electron chi connectivity index (χ3n) is 3.84. The predicted octanol–water partition coefficient (Wildman–Crippen LogP) is 4.06. The van der Waals surface area contributed by atoms with Gasteiger partial charge in [-0.25, -0.2) is 0 Å². The molecule has 0 aromatic carbocycles. The summed E-state index contributed by atoms with van der Waals surface area (Å²) in [5, 5.41) is 0. The van der Waals surface area contributed by atoms with Crippen LogP contribution in [-0.2, 0) is 19.6 Å². The average Bonchev–Trinajstić information content (AvgIpc) is 2.45. The van der Waals surface area contributed by atoms with Crippen LogP contribution in [0.3, 0.4) is 0 Å². The van der Waals surface area contributed by atoms with E-state index in [1.807, 2.05) is 0 Å². The van der Waals surface area contributed by atoms with Crippen molar-refractivity contribution in [3.63, 3.8) is 0 Å². The van der Waals surface area contributed by atoms with Crippen LogP contribution in [0, 0.1) is 5.92 Å². The van der Waals surface area contributed by atoms with Gasteiger partial charge in [-0.05, 0) is 18.8 Å². The van der Waals surface area contributed by atoms with Crippen LogP contribution in [0.4, 0.5) is 0 Å². The minimum absolute atomic E-state index is 0. The number of rotatable bonds is 14. The van der Waals surface area contributed by atoms with Crippen molar-refractivity contribution in [1.82, 2.24) is 0 Å². The fraction of sp³-hybridized carbons (Fsp3) is 0.941. The van der Waals surface area contributed by atoms with Gasteiger partial charge in [0.2, 0.25) is 5.44 Å². The maximum atomic E-state index is 11.5. The summed E-state index contributed by atoms with van der Waals surface area (Å²) in [5.41, 5.74) is -1.43. The van der Waals surface area contributed by atoms with Crippen molar-refractivity contribution in [1.29, 1.82) is 0 Å². The molecule has 140 valence electrons. The number of hydrogen-bond donors (Lipinski definition) is 1. The quantitative estimate of drug-likeness (QED) is 0.215. The van der Waals surface area contributed by atoms with Gasteiger partial charge in [-0.1, -0.05) is 72.1 Å². The van der Waals surface area contributed by atoms with Crippen LogP contribution in [0.2, 0.25) is 0 Å². The van der Waals surface area contributed by atoms with Gasteiger partial charge in [0.15, 0.2) is 0 Å². The standard InChI is InChI=1S/C17H34O5S.Na.H/c1-4-17(23(19,20)21)22-16(18)14-12-10-8-6-5-7-9-11-13-15(2)3;;/h15,17H,4-14H2,1-3H3,(H,19,20,21);;. The van der Waals surface area contributed by atoms with Crippen molar-refractivity contribution in [2.75, 3.05) is 0 Å². The molecule has 7 heteroatoms. The van der Waals surface area contributed by atoms with Gasteiger partial charge in [0, 0.05) is 6.42 Å². The van der Waals surface area contributed by atoms with E-state index in [1.165, 1.54) is 38.5 Å². The van der Waals surface area contributed by atoms with E-state index in [-0.39, 0.29) is 42.4 Å². The van der Waals surface area contributed by atoms with E-state index < -0.39 is 21.5 Å². The van der Waals surface area contributed by atoms with Gasteiger partial charge in [0.05, 0.1) is 0 Å². The molecule has 0 fully saturated rings. The molecule has 0 aliphatic rings. The Bertz CT molecular complexity index is 409. The molecule has 0 heterocycles. The minimum atomic E-state index is -4.31. The number of esters is 1. The van der Waals surface area contributed by atoms with Crippen LogP contribution >= 0.6 is 0 Å². The predicted molar refractivity (Wildman–Crippen MR) is 99.9 cm³/mol. The molecule has 5 nitrogen and oxygen atoms in total. The van der Waals surface area contributed by atoms with Crippen LogP contribution in [-0.4, -0.2) is 53.9 Å². The van der Waals surface area contributed by atoms with E-state index in [1.54, 1.807) is 6.92 Å². The molecular weight excluding hydrogens is 339 g/mol. The molecule has 0 radical (unpaired) electrons. The van der Waals surface area contributed by atoms with Gasteiger partial charge >= 0.3 is 45.6 Å². The van der Waals surface area contributed by atoms with E-state index in [0.29, 0.717) is 6.42 Å². The fourth-order valence-electron chi connectivity index (χ4n) is 2.44. The first-order chi connectivity index (χ1) is 10.8.